The highest BCUT2D eigenvalue weighted by atomic mass is 32.1. The molecule has 3 nitrogen and oxygen atoms in total. The second kappa shape index (κ2) is 5.37. The van der Waals surface area contributed by atoms with Crippen LogP contribution < -0.4 is 0 Å². The first-order valence-electron chi connectivity index (χ1n) is 5.33. The van der Waals surface area contributed by atoms with Crippen LogP contribution in [0.3, 0.4) is 0 Å². The summed E-state index contributed by atoms with van der Waals surface area (Å²) in [6.45, 7) is 1.77. The van der Waals surface area contributed by atoms with E-state index < -0.39 is 0 Å². The van der Waals surface area contributed by atoms with Crippen LogP contribution in [0.4, 0.5) is 0 Å². The maximum Gasteiger partial charge on any atom is 0.125 e. The van der Waals surface area contributed by atoms with Gasteiger partial charge in [0.1, 0.15) is 6.29 Å². The molecule has 0 bridgehead atoms. The van der Waals surface area contributed by atoms with Gasteiger partial charge in [-0.2, -0.15) is 0 Å². The van der Waals surface area contributed by atoms with Gasteiger partial charge in [0.2, 0.25) is 0 Å². The Bertz CT molecular complexity index is 318. The summed E-state index contributed by atoms with van der Waals surface area (Å²) >= 11 is 1.66. The Hall–Kier alpha value is -0.740. The Balaban J connectivity index is 1.88. The van der Waals surface area contributed by atoms with Crippen LogP contribution in [0.25, 0.3) is 0 Å². The van der Waals surface area contributed by atoms with Crippen LogP contribution in [-0.2, 0) is 22.4 Å². The van der Waals surface area contributed by atoms with Gasteiger partial charge in [0.25, 0.3) is 0 Å². The van der Waals surface area contributed by atoms with Gasteiger partial charge >= 0.3 is 0 Å². The van der Waals surface area contributed by atoms with Crippen molar-refractivity contribution in [1.82, 2.24) is 4.98 Å². The quantitative estimate of drug-likeness (QED) is 0.734. The normalized spacial score (nSPS) is 21.5. The van der Waals surface area contributed by atoms with Crippen molar-refractivity contribution in [2.45, 2.75) is 25.7 Å². The van der Waals surface area contributed by atoms with Gasteiger partial charge in [-0.15, -0.1) is 11.3 Å². The van der Waals surface area contributed by atoms with Crippen LogP contribution in [-0.4, -0.2) is 24.5 Å². The fraction of sp³-hybridized carbons (Fsp3) is 0.636. The first kappa shape index (κ1) is 10.8. The number of aldehydes is 1. The molecule has 0 saturated carbocycles. The lowest BCUT2D eigenvalue weighted by molar-refractivity contribution is -0.107. The zero-order valence-corrected chi connectivity index (χ0v) is 9.46. The van der Waals surface area contributed by atoms with Gasteiger partial charge < -0.3 is 9.53 Å². The lowest BCUT2D eigenvalue weighted by atomic mass is 9.99. The van der Waals surface area contributed by atoms with Crippen molar-refractivity contribution < 1.29 is 9.53 Å². The predicted octanol–water partition coefficient (Wildman–Crippen LogP) is 1.85. The fourth-order valence-corrected chi connectivity index (χ4v) is 2.76. The van der Waals surface area contributed by atoms with E-state index in [1.807, 2.05) is 5.38 Å². The highest BCUT2D eigenvalue weighted by Gasteiger charge is 2.16. The van der Waals surface area contributed by atoms with E-state index in [0.717, 1.165) is 43.0 Å². The molecule has 82 valence electrons. The maximum atomic E-state index is 10.3. The fourth-order valence-electron chi connectivity index (χ4n) is 1.84. The summed E-state index contributed by atoms with van der Waals surface area (Å²) in [5.41, 5.74) is 0.904. The molecule has 1 atom stereocenters. The van der Waals surface area contributed by atoms with Gasteiger partial charge in [0.05, 0.1) is 10.7 Å². The molecule has 2 rings (SSSR count). The van der Waals surface area contributed by atoms with E-state index in [-0.39, 0.29) is 0 Å². The molecule has 2 heterocycles. The second-order valence-electron chi connectivity index (χ2n) is 3.89. The van der Waals surface area contributed by atoms with Crippen LogP contribution >= 0.6 is 11.3 Å². The number of carbonyl (C=O) groups excluding carboxylic acids is 1. The van der Waals surface area contributed by atoms with Crippen LogP contribution in [0.2, 0.25) is 0 Å². The second-order valence-corrected chi connectivity index (χ2v) is 4.83. The summed E-state index contributed by atoms with van der Waals surface area (Å²) in [5, 5.41) is 3.12. The maximum absolute atomic E-state index is 10.3. The van der Waals surface area contributed by atoms with Gasteiger partial charge in [-0.25, -0.2) is 4.98 Å². The Morgan fingerprint density at radius 3 is 3.33 bits per heavy atom. The van der Waals surface area contributed by atoms with Crippen molar-refractivity contribution in [3.8, 4) is 0 Å². The Morgan fingerprint density at radius 2 is 2.60 bits per heavy atom. The van der Waals surface area contributed by atoms with Crippen LogP contribution in [0.5, 0.6) is 0 Å². The zero-order chi connectivity index (χ0) is 10.5. The molecule has 4 heteroatoms. The first-order valence-corrected chi connectivity index (χ1v) is 6.21. The third kappa shape index (κ3) is 3.11. The molecular formula is C11H15NO2S. The summed E-state index contributed by atoms with van der Waals surface area (Å²) in [6, 6.07) is 0. The summed E-state index contributed by atoms with van der Waals surface area (Å²) in [5.74, 6) is 0.619. The molecule has 0 spiro atoms. The monoisotopic (exact) mass is 225 g/mol. The predicted molar refractivity (Wildman–Crippen MR) is 59.1 cm³/mol. The lowest BCUT2D eigenvalue weighted by Crippen LogP contribution is -2.19. The zero-order valence-electron chi connectivity index (χ0n) is 8.65. The minimum atomic E-state index is 0.442. The average molecular weight is 225 g/mol. The molecule has 1 saturated heterocycles. The molecule has 0 aliphatic carbocycles. The number of thiazole rings is 1. The van der Waals surface area contributed by atoms with Crippen molar-refractivity contribution >= 4 is 17.6 Å². The molecule has 1 aliphatic rings. The minimum absolute atomic E-state index is 0.442. The number of hydrogen-bond donors (Lipinski definition) is 0. The lowest BCUT2D eigenvalue weighted by Gasteiger charge is -2.20. The number of rotatable bonds is 4. The van der Waals surface area contributed by atoms with Gasteiger partial charge in [0.15, 0.2) is 0 Å². The van der Waals surface area contributed by atoms with E-state index in [9.17, 15) is 4.79 Å². The summed E-state index contributed by atoms with van der Waals surface area (Å²) in [7, 11) is 0. The van der Waals surface area contributed by atoms with Crippen LogP contribution in [0.1, 0.15) is 23.5 Å². The van der Waals surface area contributed by atoms with Crippen molar-refractivity contribution in [3.63, 3.8) is 0 Å². The standard InChI is InChI=1S/C11H15NO2S/c13-4-3-10-8-15-11(12-10)6-9-2-1-5-14-7-9/h4,8-9H,1-3,5-7H2. The smallest absolute Gasteiger partial charge is 0.125 e. The summed E-state index contributed by atoms with van der Waals surface area (Å²) in [4.78, 5) is 14.7. The highest BCUT2D eigenvalue weighted by Crippen LogP contribution is 2.21. The molecule has 0 amide bonds. The third-order valence-corrected chi connectivity index (χ3v) is 3.53. The molecule has 15 heavy (non-hydrogen) atoms. The largest absolute Gasteiger partial charge is 0.381 e. The molecule has 1 unspecified atom stereocenters. The molecule has 0 N–H and O–H groups in total. The van der Waals surface area contributed by atoms with Gasteiger partial charge in [-0.05, 0) is 18.8 Å². The van der Waals surface area contributed by atoms with E-state index in [1.54, 1.807) is 11.3 Å². The summed E-state index contributed by atoms with van der Waals surface area (Å²) in [6.07, 6.45) is 4.75. The van der Waals surface area contributed by atoms with E-state index in [0.29, 0.717) is 12.3 Å². The topological polar surface area (TPSA) is 39.2 Å². The van der Waals surface area contributed by atoms with Gasteiger partial charge in [0, 0.05) is 31.4 Å². The molecule has 0 aromatic carbocycles. The minimum Gasteiger partial charge on any atom is -0.381 e. The van der Waals surface area contributed by atoms with Crippen molar-refractivity contribution in [2.24, 2.45) is 5.92 Å². The number of ether oxygens (including phenoxy) is 1. The van der Waals surface area contributed by atoms with Crippen molar-refractivity contribution in [2.75, 3.05) is 13.2 Å². The van der Waals surface area contributed by atoms with E-state index in [2.05, 4.69) is 4.98 Å². The van der Waals surface area contributed by atoms with Crippen LogP contribution in [0.15, 0.2) is 5.38 Å². The number of aromatic nitrogens is 1. The van der Waals surface area contributed by atoms with E-state index in [4.69, 9.17) is 4.74 Å². The highest BCUT2D eigenvalue weighted by molar-refractivity contribution is 7.09. The Morgan fingerprint density at radius 1 is 1.67 bits per heavy atom. The first-order chi connectivity index (χ1) is 7.38. The molecule has 1 aliphatic heterocycles. The number of hydrogen-bond acceptors (Lipinski definition) is 4. The molecular weight excluding hydrogens is 210 g/mol. The van der Waals surface area contributed by atoms with Crippen molar-refractivity contribution in [1.29, 1.82) is 0 Å². The number of nitrogens with zero attached hydrogens (tertiary/aromatic N) is 1. The molecule has 1 fully saturated rings. The Labute approximate surface area is 93.5 Å². The molecule has 1 aromatic heterocycles. The van der Waals surface area contributed by atoms with E-state index >= 15 is 0 Å². The Kier molecular flexibility index (Phi) is 3.86. The molecule has 1 aromatic rings. The average Bonchev–Trinajstić information content (AvgIpc) is 2.68. The number of carbonyl (C=O) groups is 1. The van der Waals surface area contributed by atoms with E-state index in [1.165, 1.54) is 6.42 Å². The van der Waals surface area contributed by atoms with Gasteiger partial charge in [-0.1, -0.05) is 0 Å². The van der Waals surface area contributed by atoms with Crippen LogP contribution in [0, 0.1) is 5.92 Å². The molecule has 0 radical (unpaired) electrons. The SMILES string of the molecule is O=CCc1csc(CC2CCCOC2)n1. The summed E-state index contributed by atoms with van der Waals surface area (Å²) < 4.78 is 5.43. The van der Waals surface area contributed by atoms with Crippen molar-refractivity contribution in [3.05, 3.63) is 16.1 Å². The third-order valence-electron chi connectivity index (χ3n) is 2.61. The van der Waals surface area contributed by atoms with Gasteiger partial charge in [-0.3, -0.25) is 0 Å².